The van der Waals surface area contributed by atoms with Crippen LogP contribution < -0.4 is 0 Å². The fourth-order valence-electron chi connectivity index (χ4n) is 2.21. The van der Waals surface area contributed by atoms with E-state index in [-0.39, 0.29) is 16.3 Å². The van der Waals surface area contributed by atoms with Gasteiger partial charge in [-0.25, -0.2) is 4.39 Å². The third-order valence-electron chi connectivity index (χ3n) is 3.02. The number of nitrogens with zero attached hydrogens (tertiary/aromatic N) is 1. The quantitative estimate of drug-likeness (QED) is 0.785. The molecule has 98 valence electrons. The van der Waals surface area contributed by atoms with Gasteiger partial charge in [0.05, 0.1) is 6.54 Å². The summed E-state index contributed by atoms with van der Waals surface area (Å²) < 4.78 is 13.3. The average Bonchev–Trinajstić information content (AvgIpc) is 2.27. The number of carbonyl (C=O) groups is 1. The Bertz CT molecular complexity index is 447. The molecule has 0 bridgehead atoms. The van der Waals surface area contributed by atoms with E-state index in [2.05, 4.69) is 18.7 Å². The van der Waals surface area contributed by atoms with E-state index in [1.54, 1.807) is 12.1 Å². The molecule has 1 aromatic rings. The highest BCUT2D eigenvalue weighted by Gasteiger charge is 2.28. The summed E-state index contributed by atoms with van der Waals surface area (Å²) in [4.78, 5) is 14.2. The van der Waals surface area contributed by atoms with Gasteiger partial charge in [0.1, 0.15) is 5.82 Å². The number of rotatable bonds is 3. The maximum atomic E-state index is 13.1. The van der Waals surface area contributed by atoms with Crippen LogP contribution in [-0.4, -0.2) is 40.8 Å². The first-order chi connectivity index (χ1) is 8.46. The molecule has 1 aliphatic heterocycles. The number of benzene rings is 1. The molecule has 0 saturated carbocycles. The van der Waals surface area contributed by atoms with E-state index in [0.717, 1.165) is 18.8 Å². The van der Waals surface area contributed by atoms with Crippen LogP contribution in [0.2, 0.25) is 0 Å². The smallest absolute Gasteiger partial charge is 0.176 e. The first-order valence-electron chi connectivity index (χ1n) is 6.11. The lowest BCUT2D eigenvalue weighted by atomic mass is 10.1. The largest absolute Gasteiger partial charge is 0.294 e. The molecule has 18 heavy (non-hydrogen) atoms. The van der Waals surface area contributed by atoms with E-state index >= 15 is 0 Å². The van der Waals surface area contributed by atoms with Crippen molar-refractivity contribution >= 4 is 17.5 Å². The summed E-state index contributed by atoms with van der Waals surface area (Å²) in [6, 6.07) is 5.93. The molecule has 1 saturated heterocycles. The Hall–Kier alpha value is -0.870. The second-order valence-electron chi connectivity index (χ2n) is 5.25. The molecule has 1 fully saturated rings. The zero-order chi connectivity index (χ0) is 13.2. The predicted octanol–water partition coefficient (Wildman–Crippen LogP) is 2.84. The zero-order valence-electron chi connectivity index (χ0n) is 10.8. The van der Waals surface area contributed by atoms with Crippen LogP contribution in [0.15, 0.2) is 24.3 Å². The van der Waals surface area contributed by atoms with Crippen molar-refractivity contribution in [2.24, 2.45) is 0 Å². The van der Waals surface area contributed by atoms with Crippen molar-refractivity contribution in [2.45, 2.75) is 18.6 Å². The number of halogens is 1. The molecule has 0 atom stereocenters. The summed E-state index contributed by atoms with van der Waals surface area (Å²) in [7, 11) is 0. The van der Waals surface area contributed by atoms with Crippen LogP contribution >= 0.6 is 11.8 Å². The monoisotopic (exact) mass is 267 g/mol. The third-order valence-corrected chi connectivity index (χ3v) is 4.32. The second-order valence-corrected chi connectivity index (χ2v) is 7.05. The molecular weight excluding hydrogens is 249 g/mol. The second kappa shape index (κ2) is 5.41. The van der Waals surface area contributed by atoms with Crippen LogP contribution in [0.1, 0.15) is 24.2 Å². The third kappa shape index (κ3) is 3.56. The van der Waals surface area contributed by atoms with Gasteiger partial charge in [-0.05, 0) is 26.0 Å². The summed E-state index contributed by atoms with van der Waals surface area (Å²) in [5, 5.41) is 0. The molecule has 0 radical (unpaired) electrons. The van der Waals surface area contributed by atoms with Crippen molar-refractivity contribution in [3.05, 3.63) is 35.6 Å². The first-order valence-corrected chi connectivity index (χ1v) is 7.10. The Labute approximate surface area is 112 Å². The molecule has 0 N–H and O–H groups in total. The fourth-order valence-corrected chi connectivity index (χ4v) is 3.38. The minimum Gasteiger partial charge on any atom is -0.294 e. The molecule has 1 heterocycles. The van der Waals surface area contributed by atoms with Crippen molar-refractivity contribution < 1.29 is 9.18 Å². The van der Waals surface area contributed by atoms with Gasteiger partial charge < -0.3 is 0 Å². The highest BCUT2D eigenvalue weighted by atomic mass is 32.2. The number of thioether (sulfide) groups is 1. The molecule has 2 nitrogen and oxygen atoms in total. The predicted molar refractivity (Wildman–Crippen MR) is 73.7 cm³/mol. The molecule has 4 heteroatoms. The van der Waals surface area contributed by atoms with Crippen LogP contribution in [0, 0.1) is 5.82 Å². The number of Topliss-reactive ketones (excluding diaryl/α,β-unsaturated/α-hetero) is 1. The summed E-state index contributed by atoms with van der Waals surface area (Å²) in [5.41, 5.74) is 0.464. The van der Waals surface area contributed by atoms with Gasteiger partial charge in [0.15, 0.2) is 5.78 Å². The molecule has 1 aliphatic rings. The van der Waals surface area contributed by atoms with Crippen molar-refractivity contribution in [3.63, 3.8) is 0 Å². The van der Waals surface area contributed by atoms with Gasteiger partial charge >= 0.3 is 0 Å². The lowest BCUT2D eigenvalue weighted by Gasteiger charge is -2.37. The van der Waals surface area contributed by atoms with Crippen LogP contribution in [0.25, 0.3) is 0 Å². The van der Waals surface area contributed by atoms with E-state index in [4.69, 9.17) is 0 Å². The molecular formula is C14H18FNOS. The topological polar surface area (TPSA) is 20.3 Å². The van der Waals surface area contributed by atoms with Gasteiger partial charge in [0.25, 0.3) is 0 Å². The van der Waals surface area contributed by atoms with Crippen molar-refractivity contribution in [1.82, 2.24) is 4.90 Å². The Morgan fingerprint density at radius 3 is 2.94 bits per heavy atom. The molecule has 0 aromatic heterocycles. The van der Waals surface area contributed by atoms with Gasteiger partial charge in [-0.1, -0.05) is 12.1 Å². The lowest BCUT2D eigenvalue weighted by molar-refractivity contribution is 0.0927. The van der Waals surface area contributed by atoms with E-state index < -0.39 is 0 Å². The van der Waals surface area contributed by atoms with Crippen molar-refractivity contribution in [2.75, 3.05) is 25.4 Å². The summed E-state index contributed by atoms with van der Waals surface area (Å²) in [5.74, 6) is 0.691. The molecule has 2 rings (SSSR count). The fraction of sp³-hybridized carbons (Fsp3) is 0.500. The van der Waals surface area contributed by atoms with Gasteiger partial charge in [-0.3, -0.25) is 9.69 Å². The Morgan fingerprint density at radius 2 is 2.28 bits per heavy atom. The van der Waals surface area contributed by atoms with Crippen LogP contribution in [0.4, 0.5) is 4.39 Å². The van der Waals surface area contributed by atoms with Gasteiger partial charge in [-0.15, -0.1) is 0 Å². The van der Waals surface area contributed by atoms with Crippen molar-refractivity contribution in [3.8, 4) is 0 Å². The minimum atomic E-state index is -0.352. The maximum absolute atomic E-state index is 13.1. The molecule has 0 unspecified atom stereocenters. The number of hydrogen-bond donors (Lipinski definition) is 0. The van der Waals surface area contributed by atoms with Crippen LogP contribution in [0.5, 0.6) is 0 Å². The van der Waals surface area contributed by atoms with E-state index in [0.29, 0.717) is 12.1 Å². The molecule has 0 amide bonds. The standard InChI is InChI=1S/C14H18FNOS/c1-14(2)10-16(6-7-18-14)9-13(17)11-4-3-5-12(15)8-11/h3-5,8H,6-7,9-10H2,1-2H3. The van der Waals surface area contributed by atoms with Gasteiger partial charge in [0.2, 0.25) is 0 Å². The number of ketones is 1. The van der Waals surface area contributed by atoms with Gasteiger partial charge in [-0.2, -0.15) is 11.8 Å². The van der Waals surface area contributed by atoms with Crippen LogP contribution in [-0.2, 0) is 0 Å². The SMILES string of the molecule is CC1(C)CN(CC(=O)c2cccc(F)c2)CCS1. The highest BCUT2D eigenvalue weighted by molar-refractivity contribution is 8.00. The summed E-state index contributed by atoms with van der Waals surface area (Å²) in [6.45, 7) is 6.59. The Morgan fingerprint density at radius 1 is 1.50 bits per heavy atom. The maximum Gasteiger partial charge on any atom is 0.176 e. The zero-order valence-corrected chi connectivity index (χ0v) is 11.6. The Kier molecular flexibility index (Phi) is 4.07. The summed E-state index contributed by atoms with van der Waals surface area (Å²) >= 11 is 1.94. The number of carbonyl (C=O) groups excluding carboxylic acids is 1. The molecule has 0 spiro atoms. The molecule has 0 aliphatic carbocycles. The van der Waals surface area contributed by atoms with Gasteiger partial charge in [0, 0.05) is 29.2 Å². The molecule has 1 aromatic carbocycles. The van der Waals surface area contributed by atoms with E-state index in [9.17, 15) is 9.18 Å². The first kappa shape index (κ1) is 13.6. The normalized spacial score (nSPS) is 19.7. The van der Waals surface area contributed by atoms with Crippen molar-refractivity contribution in [1.29, 1.82) is 0 Å². The minimum absolute atomic E-state index is 0.00259. The lowest BCUT2D eigenvalue weighted by Crippen LogP contribution is -2.45. The Balaban J connectivity index is 1.99. The van der Waals surface area contributed by atoms with E-state index in [1.165, 1.54) is 12.1 Å². The highest BCUT2D eigenvalue weighted by Crippen LogP contribution is 2.29. The summed E-state index contributed by atoms with van der Waals surface area (Å²) in [6.07, 6.45) is 0. The van der Waals surface area contributed by atoms with E-state index in [1.807, 2.05) is 11.8 Å². The van der Waals surface area contributed by atoms with Crippen LogP contribution in [0.3, 0.4) is 0 Å². The number of hydrogen-bond acceptors (Lipinski definition) is 3. The average molecular weight is 267 g/mol.